The van der Waals surface area contributed by atoms with Gasteiger partial charge in [0.1, 0.15) is 0 Å². The van der Waals surface area contributed by atoms with E-state index in [2.05, 4.69) is 0 Å². The lowest BCUT2D eigenvalue weighted by atomic mass is 10.1. The molecule has 2 aromatic carbocycles. The summed E-state index contributed by atoms with van der Waals surface area (Å²) in [6.45, 7) is 1.90. The molecule has 1 saturated carbocycles. The third kappa shape index (κ3) is 2.49. The number of hydrogen-bond donors (Lipinski definition) is 1. The van der Waals surface area contributed by atoms with Crippen molar-refractivity contribution >= 4 is 9.84 Å². The van der Waals surface area contributed by atoms with E-state index < -0.39 is 15.1 Å². The first-order chi connectivity index (χ1) is 10.1. The third-order valence-corrected chi connectivity index (χ3v) is 6.49. The van der Waals surface area contributed by atoms with Crippen LogP contribution in [0.4, 0.5) is 0 Å². The first-order valence-electron chi connectivity index (χ1n) is 7.02. The molecular weight excluding hydrogens is 284 g/mol. The topological polar surface area (TPSA) is 54.4 Å². The van der Waals surface area contributed by atoms with Gasteiger partial charge in [-0.05, 0) is 24.6 Å². The summed E-state index contributed by atoms with van der Waals surface area (Å²) in [5.74, 6) is -0.321. The van der Waals surface area contributed by atoms with E-state index in [1.165, 1.54) is 0 Å². The van der Waals surface area contributed by atoms with E-state index in [0.29, 0.717) is 4.90 Å². The summed E-state index contributed by atoms with van der Waals surface area (Å²) in [5.41, 5.74) is 2.13. The van der Waals surface area contributed by atoms with Crippen molar-refractivity contribution < 1.29 is 13.5 Å². The lowest BCUT2D eigenvalue weighted by Gasteiger charge is -2.04. The second-order valence-electron chi connectivity index (χ2n) is 5.61. The average Bonchev–Trinajstić information content (AvgIpc) is 3.24. The van der Waals surface area contributed by atoms with Crippen LogP contribution in [0.15, 0.2) is 59.5 Å². The molecule has 0 spiro atoms. The molecule has 0 unspecified atom stereocenters. The largest absolute Gasteiger partial charge is 0.396 e. The van der Waals surface area contributed by atoms with Gasteiger partial charge in [-0.15, -0.1) is 0 Å². The summed E-state index contributed by atoms with van der Waals surface area (Å²) in [5, 5.41) is 8.99. The van der Waals surface area contributed by atoms with Crippen LogP contribution in [0, 0.1) is 12.8 Å². The van der Waals surface area contributed by atoms with Crippen LogP contribution in [0.5, 0.6) is 0 Å². The molecule has 3 rings (SSSR count). The van der Waals surface area contributed by atoms with Crippen LogP contribution in [0.2, 0.25) is 0 Å². The van der Waals surface area contributed by atoms with E-state index in [9.17, 15) is 13.5 Å². The lowest BCUT2D eigenvalue weighted by molar-refractivity contribution is 0.274. The molecule has 3 nitrogen and oxygen atoms in total. The summed E-state index contributed by atoms with van der Waals surface area (Å²) >= 11 is 0. The van der Waals surface area contributed by atoms with Gasteiger partial charge in [0.05, 0.1) is 10.1 Å². The second-order valence-corrected chi connectivity index (χ2v) is 7.71. The lowest BCUT2D eigenvalue weighted by Crippen LogP contribution is -2.11. The smallest absolute Gasteiger partial charge is 0.182 e. The van der Waals surface area contributed by atoms with Gasteiger partial charge in [0.15, 0.2) is 9.84 Å². The van der Waals surface area contributed by atoms with Gasteiger partial charge in [-0.25, -0.2) is 8.42 Å². The molecule has 0 radical (unpaired) electrons. The molecule has 3 atom stereocenters. The molecule has 0 saturated heterocycles. The fraction of sp³-hybridized carbons (Fsp3) is 0.294. The Labute approximate surface area is 125 Å². The van der Waals surface area contributed by atoms with Crippen molar-refractivity contribution in [2.45, 2.75) is 23.0 Å². The van der Waals surface area contributed by atoms with Gasteiger partial charge < -0.3 is 5.11 Å². The van der Waals surface area contributed by atoms with E-state index in [-0.39, 0.29) is 18.4 Å². The van der Waals surface area contributed by atoms with Crippen LogP contribution < -0.4 is 0 Å². The maximum absolute atomic E-state index is 12.7. The quantitative estimate of drug-likeness (QED) is 0.944. The minimum absolute atomic E-state index is 0.102. The molecule has 2 aromatic rings. The Hall–Kier alpha value is -1.65. The van der Waals surface area contributed by atoms with Crippen LogP contribution in [0.1, 0.15) is 17.0 Å². The monoisotopic (exact) mass is 302 g/mol. The molecule has 1 fully saturated rings. The van der Waals surface area contributed by atoms with Gasteiger partial charge in [0, 0.05) is 18.4 Å². The number of aliphatic hydroxyl groups is 1. The molecule has 1 aliphatic rings. The van der Waals surface area contributed by atoms with Crippen LogP contribution in [-0.2, 0) is 9.84 Å². The van der Waals surface area contributed by atoms with E-state index >= 15 is 0 Å². The Balaban J connectivity index is 1.94. The van der Waals surface area contributed by atoms with Gasteiger partial charge in [0.25, 0.3) is 0 Å². The maximum Gasteiger partial charge on any atom is 0.182 e. The fourth-order valence-electron chi connectivity index (χ4n) is 2.98. The Bertz CT molecular complexity index is 720. The highest BCUT2D eigenvalue weighted by Crippen LogP contribution is 2.53. The fourth-order valence-corrected chi connectivity index (χ4v) is 5.20. The van der Waals surface area contributed by atoms with E-state index in [1.807, 2.05) is 31.2 Å². The zero-order valence-electron chi connectivity index (χ0n) is 11.8. The molecule has 1 N–H and O–H groups in total. The second kappa shape index (κ2) is 5.28. The van der Waals surface area contributed by atoms with Crippen LogP contribution >= 0.6 is 0 Å². The normalized spacial score (nSPS) is 24.8. The van der Waals surface area contributed by atoms with Crippen molar-refractivity contribution in [3.8, 4) is 0 Å². The molecule has 0 bridgehead atoms. The first kappa shape index (κ1) is 14.3. The summed E-state index contributed by atoms with van der Waals surface area (Å²) in [6.07, 6.45) is 0. The number of aliphatic hydroxyl groups excluding tert-OH is 1. The molecule has 0 amide bonds. The first-order valence-corrected chi connectivity index (χ1v) is 8.56. The predicted molar refractivity (Wildman–Crippen MR) is 81.9 cm³/mol. The molecule has 0 aromatic heterocycles. The number of rotatable bonds is 4. The SMILES string of the molecule is Cc1ccc([C@@H]2[C@@H](CO)[C@H]2S(=O)(=O)c2ccccc2)cc1. The summed E-state index contributed by atoms with van der Waals surface area (Å²) in [4.78, 5) is 0.336. The minimum atomic E-state index is -3.39. The van der Waals surface area contributed by atoms with Crippen molar-refractivity contribution in [1.82, 2.24) is 0 Å². The van der Waals surface area contributed by atoms with E-state index in [1.54, 1.807) is 30.3 Å². The van der Waals surface area contributed by atoms with E-state index in [0.717, 1.165) is 11.1 Å². The predicted octanol–water partition coefficient (Wildman–Crippen LogP) is 2.54. The van der Waals surface area contributed by atoms with Crippen molar-refractivity contribution in [3.63, 3.8) is 0 Å². The molecular formula is C17H18O3S. The molecule has 4 heteroatoms. The number of aryl methyl sites for hydroxylation is 1. The Morgan fingerprint density at radius 2 is 1.62 bits per heavy atom. The van der Waals surface area contributed by atoms with Crippen LogP contribution in [0.25, 0.3) is 0 Å². The zero-order valence-corrected chi connectivity index (χ0v) is 12.6. The van der Waals surface area contributed by atoms with Gasteiger partial charge in [-0.3, -0.25) is 0 Å². The highest BCUT2D eigenvalue weighted by molar-refractivity contribution is 7.92. The molecule has 0 aliphatic heterocycles. The summed E-state index contributed by atoms with van der Waals surface area (Å²) < 4.78 is 25.4. The standard InChI is InChI=1S/C17H18O3S/c1-12-7-9-13(10-8-12)16-15(11-18)17(16)21(19,20)14-5-3-2-4-6-14/h2-10,15-18H,11H2,1H3/t15-,16-,17-/m1/s1. The van der Waals surface area contributed by atoms with Gasteiger partial charge >= 0.3 is 0 Å². The average molecular weight is 302 g/mol. The summed E-state index contributed by atoms with van der Waals surface area (Å²) in [7, 11) is -3.39. The van der Waals surface area contributed by atoms with Gasteiger partial charge in [-0.2, -0.15) is 0 Å². The molecule has 110 valence electrons. The van der Waals surface area contributed by atoms with Crippen LogP contribution in [-0.4, -0.2) is 25.4 Å². The molecule has 21 heavy (non-hydrogen) atoms. The third-order valence-electron chi connectivity index (χ3n) is 4.20. The van der Waals surface area contributed by atoms with Gasteiger partial charge in [-0.1, -0.05) is 48.0 Å². The molecule has 1 aliphatic carbocycles. The number of sulfone groups is 1. The highest BCUT2D eigenvalue weighted by atomic mass is 32.2. The Kier molecular flexibility index (Phi) is 3.59. The van der Waals surface area contributed by atoms with Crippen molar-refractivity contribution in [3.05, 3.63) is 65.7 Å². The number of hydrogen-bond acceptors (Lipinski definition) is 3. The number of benzene rings is 2. The zero-order chi connectivity index (χ0) is 15.0. The Morgan fingerprint density at radius 3 is 2.19 bits per heavy atom. The summed E-state index contributed by atoms with van der Waals surface area (Å²) in [6, 6.07) is 16.4. The van der Waals surface area contributed by atoms with Gasteiger partial charge in [0.2, 0.25) is 0 Å². The van der Waals surface area contributed by atoms with Crippen LogP contribution in [0.3, 0.4) is 0 Å². The van der Waals surface area contributed by atoms with E-state index in [4.69, 9.17) is 0 Å². The van der Waals surface area contributed by atoms with Crippen molar-refractivity contribution in [2.75, 3.05) is 6.61 Å². The maximum atomic E-state index is 12.7. The van der Waals surface area contributed by atoms with Crippen molar-refractivity contribution in [2.24, 2.45) is 5.92 Å². The van der Waals surface area contributed by atoms with Crippen molar-refractivity contribution in [1.29, 1.82) is 0 Å². The Morgan fingerprint density at radius 1 is 1.00 bits per heavy atom. The molecule has 0 heterocycles. The minimum Gasteiger partial charge on any atom is -0.396 e. The highest BCUT2D eigenvalue weighted by Gasteiger charge is 2.58.